The van der Waals surface area contributed by atoms with E-state index in [0.29, 0.717) is 0 Å². The normalized spacial score (nSPS) is 11.9. The van der Waals surface area contributed by atoms with E-state index in [1.807, 2.05) is 0 Å². The fourth-order valence-corrected chi connectivity index (χ4v) is 5.95. The number of hydrogen-bond acceptors (Lipinski definition) is 0. The maximum absolute atomic E-state index is 2.46. The number of benzene rings is 6. The quantitative estimate of drug-likeness (QED) is 0.244. The Morgan fingerprint density at radius 1 is 0.361 bits per heavy atom. The Kier molecular flexibility index (Phi) is 3.97. The lowest BCUT2D eigenvalue weighted by Gasteiger charge is -2.11. The zero-order valence-electron chi connectivity index (χ0n) is 19.6. The Hall–Kier alpha value is -4.82. The largest absolute Gasteiger partial charge is 0.309 e. The maximum Gasteiger partial charge on any atom is 0.0641 e. The molecule has 0 aliphatic rings. The number of aromatic nitrogens is 2. The van der Waals surface area contributed by atoms with Gasteiger partial charge in [0.2, 0.25) is 0 Å². The summed E-state index contributed by atoms with van der Waals surface area (Å²) in [6.45, 7) is 0. The van der Waals surface area contributed by atoms with Gasteiger partial charge in [0.05, 0.1) is 22.1 Å². The lowest BCUT2D eigenvalue weighted by Crippen LogP contribution is -1.95. The van der Waals surface area contributed by atoms with Gasteiger partial charge in [0.15, 0.2) is 0 Å². The molecule has 0 N–H and O–H groups in total. The smallest absolute Gasteiger partial charge is 0.0641 e. The van der Waals surface area contributed by atoms with Crippen LogP contribution in [0.3, 0.4) is 0 Å². The van der Waals surface area contributed by atoms with Crippen LogP contribution in [0.5, 0.6) is 0 Å². The molecule has 0 unspecified atom stereocenters. The molecule has 0 fully saturated rings. The molecule has 0 aliphatic heterocycles. The molecule has 0 saturated heterocycles. The van der Waals surface area contributed by atoms with Crippen molar-refractivity contribution in [3.8, 4) is 11.4 Å². The third kappa shape index (κ3) is 2.61. The molecular formula is C34H22N2. The van der Waals surface area contributed by atoms with Crippen LogP contribution in [0, 0.1) is 0 Å². The highest BCUT2D eigenvalue weighted by Gasteiger charge is 2.20. The van der Waals surface area contributed by atoms with Crippen molar-refractivity contribution in [3.63, 3.8) is 0 Å². The van der Waals surface area contributed by atoms with E-state index in [9.17, 15) is 0 Å². The first kappa shape index (κ1) is 19.5. The van der Waals surface area contributed by atoms with Crippen molar-refractivity contribution in [1.82, 2.24) is 9.13 Å². The van der Waals surface area contributed by atoms with Gasteiger partial charge in [0.25, 0.3) is 0 Å². The van der Waals surface area contributed by atoms with Crippen molar-refractivity contribution >= 4 is 54.4 Å². The van der Waals surface area contributed by atoms with Gasteiger partial charge in [-0.2, -0.15) is 0 Å². The molecule has 0 bridgehead atoms. The summed E-state index contributed by atoms with van der Waals surface area (Å²) in [5.74, 6) is 0. The van der Waals surface area contributed by atoms with Gasteiger partial charge in [0.1, 0.15) is 0 Å². The molecule has 36 heavy (non-hydrogen) atoms. The first-order valence-electron chi connectivity index (χ1n) is 12.4. The number of hydrogen-bond donors (Lipinski definition) is 0. The first-order valence-corrected chi connectivity index (χ1v) is 12.4. The van der Waals surface area contributed by atoms with Crippen molar-refractivity contribution in [1.29, 1.82) is 0 Å². The van der Waals surface area contributed by atoms with Gasteiger partial charge in [-0.25, -0.2) is 0 Å². The Bertz CT molecular complexity index is 2090. The number of fused-ring (bicyclic) bond motifs is 8. The van der Waals surface area contributed by atoms with Crippen LogP contribution in [-0.2, 0) is 0 Å². The van der Waals surface area contributed by atoms with Gasteiger partial charge in [-0.05, 0) is 53.2 Å². The summed E-state index contributed by atoms with van der Waals surface area (Å²) in [7, 11) is 0. The van der Waals surface area contributed by atoms with Crippen LogP contribution in [0.2, 0.25) is 0 Å². The SMILES string of the molecule is c1ccc(-n2c3ccccc3c3c2ccc2c4ccccc4n(-c4ccc5ccccc5c4)c23)cc1. The highest BCUT2D eigenvalue weighted by Crippen LogP contribution is 2.42. The number of para-hydroxylation sites is 3. The molecule has 8 aromatic rings. The van der Waals surface area contributed by atoms with E-state index in [1.165, 1.54) is 65.8 Å². The van der Waals surface area contributed by atoms with Crippen molar-refractivity contribution in [2.45, 2.75) is 0 Å². The lowest BCUT2D eigenvalue weighted by atomic mass is 10.1. The second kappa shape index (κ2) is 7.34. The number of rotatable bonds is 2. The lowest BCUT2D eigenvalue weighted by molar-refractivity contribution is 1.18. The summed E-state index contributed by atoms with van der Waals surface area (Å²) in [6, 6.07) is 48.2. The average Bonchev–Trinajstić information content (AvgIpc) is 3.46. The highest BCUT2D eigenvalue weighted by molar-refractivity contribution is 6.26. The molecule has 2 heteroatoms. The fraction of sp³-hybridized carbons (Fsp3) is 0. The zero-order chi connectivity index (χ0) is 23.6. The van der Waals surface area contributed by atoms with Crippen molar-refractivity contribution in [3.05, 3.63) is 133 Å². The Morgan fingerprint density at radius 3 is 1.86 bits per heavy atom. The Labute approximate surface area is 208 Å². The van der Waals surface area contributed by atoms with E-state index in [4.69, 9.17) is 0 Å². The Balaban J connectivity index is 1.61. The molecule has 0 saturated carbocycles. The molecule has 8 rings (SSSR count). The van der Waals surface area contributed by atoms with Crippen LogP contribution in [0.4, 0.5) is 0 Å². The minimum Gasteiger partial charge on any atom is -0.309 e. The van der Waals surface area contributed by atoms with E-state index in [-0.39, 0.29) is 0 Å². The molecule has 6 aromatic carbocycles. The van der Waals surface area contributed by atoms with Crippen molar-refractivity contribution in [2.24, 2.45) is 0 Å². The van der Waals surface area contributed by atoms with Crippen LogP contribution in [0.15, 0.2) is 133 Å². The second-order valence-corrected chi connectivity index (χ2v) is 9.43. The van der Waals surface area contributed by atoms with Crippen LogP contribution in [-0.4, -0.2) is 9.13 Å². The average molecular weight is 459 g/mol. The summed E-state index contributed by atoms with van der Waals surface area (Å²) in [4.78, 5) is 0. The molecule has 2 nitrogen and oxygen atoms in total. The summed E-state index contributed by atoms with van der Waals surface area (Å²) < 4.78 is 4.85. The minimum atomic E-state index is 1.18. The van der Waals surface area contributed by atoms with Gasteiger partial charge in [0, 0.05) is 32.9 Å². The van der Waals surface area contributed by atoms with Gasteiger partial charge in [-0.15, -0.1) is 0 Å². The van der Waals surface area contributed by atoms with Crippen LogP contribution in [0.1, 0.15) is 0 Å². The molecule has 2 aromatic heterocycles. The Morgan fingerprint density at radius 2 is 1.03 bits per heavy atom. The summed E-state index contributed by atoms with van der Waals surface area (Å²) in [5, 5.41) is 7.62. The summed E-state index contributed by atoms with van der Waals surface area (Å²) in [6.07, 6.45) is 0. The summed E-state index contributed by atoms with van der Waals surface area (Å²) >= 11 is 0. The van der Waals surface area contributed by atoms with Crippen LogP contribution < -0.4 is 0 Å². The van der Waals surface area contributed by atoms with Gasteiger partial charge >= 0.3 is 0 Å². The minimum absolute atomic E-state index is 1.18. The maximum atomic E-state index is 2.46. The van der Waals surface area contributed by atoms with E-state index < -0.39 is 0 Å². The van der Waals surface area contributed by atoms with Crippen LogP contribution in [0.25, 0.3) is 65.8 Å². The molecule has 0 aliphatic carbocycles. The van der Waals surface area contributed by atoms with Crippen molar-refractivity contribution in [2.75, 3.05) is 0 Å². The third-order valence-corrected chi connectivity index (χ3v) is 7.48. The molecule has 0 atom stereocenters. The fourth-order valence-electron chi connectivity index (χ4n) is 5.95. The second-order valence-electron chi connectivity index (χ2n) is 9.43. The summed E-state index contributed by atoms with van der Waals surface area (Å²) in [5.41, 5.74) is 7.29. The first-order chi connectivity index (χ1) is 17.9. The van der Waals surface area contributed by atoms with E-state index in [0.717, 1.165) is 0 Å². The predicted molar refractivity (Wildman–Crippen MR) is 153 cm³/mol. The van der Waals surface area contributed by atoms with Crippen LogP contribution >= 0.6 is 0 Å². The van der Waals surface area contributed by atoms with Gasteiger partial charge < -0.3 is 9.13 Å². The molecule has 0 amide bonds. The molecule has 2 heterocycles. The van der Waals surface area contributed by atoms with Gasteiger partial charge in [-0.3, -0.25) is 0 Å². The molecule has 168 valence electrons. The van der Waals surface area contributed by atoms with E-state index >= 15 is 0 Å². The third-order valence-electron chi connectivity index (χ3n) is 7.48. The topological polar surface area (TPSA) is 9.86 Å². The van der Waals surface area contributed by atoms with E-state index in [1.54, 1.807) is 0 Å². The van der Waals surface area contributed by atoms with Gasteiger partial charge in [-0.1, -0.05) is 91.0 Å². The molecular weight excluding hydrogens is 436 g/mol. The highest BCUT2D eigenvalue weighted by atomic mass is 15.0. The number of nitrogens with zero attached hydrogens (tertiary/aromatic N) is 2. The predicted octanol–water partition coefficient (Wildman–Crippen LogP) is 9.03. The van der Waals surface area contributed by atoms with E-state index in [2.05, 4.69) is 143 Å². The standard InChI is InChI=1S/C34H22N2/c1-2-12-25(13-3-1)35-31-17-9-7-15-29(31)33-32(35)21-20-28-27-14-6-8-16-30(27)36(34(28)33)26-19-18-23-10-4-5-11-24(23)22-26/h1-22H. The zero-order valence-corrected chi connectivity index (χ0v) is 19.6. The molecule has 0 spiro atoms. The monoisotopic (exact) mass is 458 g/mol. The van der Waals surface area contributed by atoms with Crippen molar-refractivity contribution < 1.29 is 0 Å². The molecule has 0 radical (unpaired) electrons.